The molecular weight excluding hydrogens is 405 g/mol. The number of amides is 1. The average molecular weight is 432 g/mol. The lowest BCUT2D eigenvalue weighted by Crippen LogP contribution is -2.53. The molecule has 28 heavy (non-hydrogen) atoms. The molecule has 0 radical (unpaired) electrons. The maximum Gasteiger partial charge on any atom is 0.241 e. The molecule has 1 aromatic heterocycles. The van der Waals surface area contributed by atoms with Crippen molar-refractivity contribution < 1.29 is 14.1 Å². The minimum atomic E-state index is -0.598. The third-order valence-corrected chi connectivity index (χ3v) is 4.48. The number of methoxy groups -OCH3 is 1. The van der Waals surface area contributed by atoms with Crippen LogP contribution >= 0.6 is 24.8 Å². The lowest BCUT2D eigenvalue weighted by atomic mass is 10.1. The lowest BCUT2D eigenvalue weighted by Gasteiger charge is -2.35. The number of hydrogen-bond acceptors (Lipinski definition) is 7. The maximum absolute atomic E-state index is 12.2. The highest BCUT2D eigenvalue weighted by Gasteiger charge is 2.26. The van der Waals surface area contributed by atoms with E-state index in [1.165, 1.54) is 5.56 Å². The number of aromatic nitrogens is 2. The summed E-state index contributed by atoms with van der Waals surface area (Å²) in [5.41, 5.74) is 7.95. The molecular formula is C18H27Cl2N5O3. The van der Waals surface area contributed by atoms with Gasteiger partial charge in [0.05, 0.1) is 13.2 Å². The Morgan fingerprint density at radius 2 is 1.86 bits per heavy atom. The average Bonchev–Trinajstić information content (AvgIpc) is 3.11. The first-order valence-electron chi connectivity index (χ1n) is 8.72. The predicted octanol–water partition coefficient (Wildman–Crippen LogP) is 1.51. The molecule has 0 saturated carbocycles. The molecule has 2 N–H and O–H groups in total. The lowest BCUT2D eigenvalue weighted by molar-refractivity contribution is -0.135. The van der Waals surface area contributed by atoms with E-state index >= 15 is 0 Å². The van der Waals surface area contributed by atoms with Gasteiger partial charge in [-0.15, -0.1) is 24.8 Å². The van der Waals surface area contributed by atoms with Crippen molar-refractivity contribution >= 4 is 30.7 Å². The summed E-state index contributed by atoms with van der Waals surface area (Å²) in [7, 11) is 1.54. The number of nitrogens with zero attached hydrogens (tertiary/aromatic N) is 4. The van der Waals surface area contributed by atoms with Gasteiger partial charge >= 0.3 is 0 Å². The summed E-state index contributed by atoms with van der Waals surface area (Å²) in [6, 6.07) is 7.42. The van der Waals surface area contributed by atoms with Crippen LogP contribution in [0.1, 0.15) is 11.5 Å². The Balaban J connectivity index is 0.00000196. The van der Waals surface area contributed by atoms with Gasteiger partial charge in [0.25, 0.3) is 0 Å². The largest absolute Gasteiger partial charge is 0.383 e. The van der Waals surface area contributed by atoms with E-state index in [4.69, 9.17) is 15.0 Å². The third kappa shape index (κ3) is 6.15. The smallest absolute Gasteiger partial charge is 0.241 e. The second-order valence-electron chi connectivity index (χ2n) is 6.54. The Hall–Kier alpha value is -1.71. The first-order valence-corrected chi connectivity index (χ1v) is 8.72. The highest BCUT2D eigenvalue weighted by Crippen LogP contribution is 2.17. The number of piperazine rings is 1. The van der Waals surface area contributed by atoms with Crippen LogP contribution in [0.4, 0.5) is 0 Å². The van der Waals surface area contributed by atoms with Crippen LogP contribution in [0.25, 0.3) is 11.4 Å². The van der Waals surface area contributed by atoms with Crippen LogP contribution in [0.2, 0.25) is 0 Å². The molecule has 10 heteroatoms. The zero-order chi connectivity index (χ0) is 18.5. The molecule has 1 saturated heterocycles. The molecule has 1 aliphatic heterocycles. The molecule has 0 aliphatic carbocycles. The fraction of sp³-hybridized carbons (Fsp3) is 0.500. The molecule has 1 amide bonds. The van der Waals surface area contributed by atoms with E-state index in [-0.39, 0.29) is 37.3 Å². The Morgan fingerprint density at radius 1 is 1.21 bits per heavy atom. The molecule has 0 bridgehead atoms. The summed E-state index contributed by atoms with van der Waals surface area (Å²) in [6.45, 7) is 5.61. The van der Waals surface area contributed by atoms with Gasteiger partial charge in [0, 0.05) is 38.9 Å². The van der Waals surface area contributed by atoms with E-state index in [1.807, 2.05) is 31.2 Å². The molecule has 8 nitrogen and oxygen atoms in total. The van der Waals surface area contributed by atoms with Crippen LogP contribution in [0.3, 0.4) is 0 Å². The maximum atomic E-state index is 12.2. The van der Waals surface area contributed by atoms with Gasteiger partial charge in [-0.2, -0.15) is 4.98 Å². The minimum Gasteiger partial charge on any atom is -0.383 e. The number of ether oxygens (including phenoxy) is 1. The van der Waals surface area contributed by atoms with Crippen LogP contribution in [-0.2, 0) is 16.1 Å². The van der Waals surface area contributed by atoms with Crippen LogP contribution in [-0.4, -0.2) is 71.8 Å². The number of hydrogen-bond donors (Lipinski definition) is 1. The highest BCUT2D eigenvalue weighted by molar-refractivity contribution is 5.85. The minimum absolute atomic E-state index is 0. The Labute approximate surface area is 177 Å². The van der Waals surface area contributed by atoms with Gasteiger partial charge < -0.3 is 19.9 Å². The van der Waals surface area contributed by atoms with Gasteiger partial charge in [-0.1, -0.05) is 35.0 Å². The van der Waals surface area contributed by atoms with Crippen LogP contribution in [0.5, 0.6) is 0 Å². The Kier molecular flexibility index (Phi) is 9.84. The number of rotatable bonds is 6. The van der Waals surface area contributed by atoms with Gasteiger partial charge in [-0.05, 0) is 6.92 Å². The first-order chi connectivity index (χ1) is 12.6. The summed E-state index contributed by atoms with van der Waals surface area (Å²) in [4.78, 5) is 20.6. The van der Waals surface area contributed by atoms with Crippen LogP contribution in [0, 0.1) is 6.92 Å². The van der Waals surface area contributed by atoms with E-state index in [0.29, 0.717) is 31.3 Å². The third-order valence-electron chi connectivity index (χ3n) is 4.48. The number of carbonyl (C=O) groups excluding carboxylic acids is 1. The van der Waals surface area contributed by atoms with E-state index in [0.717, 1.165) is 18.7 Å². The van der Waals surface area contributed by atoms with Crippen molar-refractivity contribution in [2.24, 2.45) is 5.73 Å². The quantitative estimate of drug-likeness (QED) is 0.739. The molecule has 3 rings (SSSR count). The molecule has 2 heterocycles. The molecule has 0 spiro atoms. The van der Waals surface area contributed by atoms with Crippen LogP contribution < -0.4 is 5.73 Å². The van der Waals surface area contributed by atoms with Crippen molar-refractivity contribution in [3.05, 3.63) is 35.7 Å². The summed E-state index contributed by atoms with van der Waals surface area (Å²) < 4.78 is 10.3. The topological polar surface area (TPSA) is 97.7 Å². The molecule has 2 aromatic rings. The number of aryl methyl sites for hydroxylation is 1. The number of carbonyl (C=O) groups is 1. The summed E-state index contributed by atoms with van der Waals surface area (Å²) in [6.07, 6.45) is 0. The van der Waals surface area contributed by atoms with Crippen molar-refractivity contribution in [3.63, 3.8) is 0 Å². The van der Waals surface area contributed by atoms with Crippen LogP contribution in [0.15, 0.2) is 28.8 Å². The zero-order valence-corrected chi connectivity index (χ0v) is 17.7. The van der Waals surface area contributed by atoms with Gasteiger partial charge in [0.1, 0.15) is 6.04 Å². The number of benzene rings is 1. The predicted molar refractivity (Wildman–Crippen MR) is 111 cm³/mol. The van der Waals surface area contributed by atoms with Crippen molar-refractivity contribution in [2.75, 3.05) is 39.9 Å². The second-order valence-corrected chi connectivity index (χ2v) is 6.54. The van der Waals surface area contributed by atoms with E-state index in [9.17, 15) is 4.79 Å². The Morgan fingerprint density at radius 3 is 2.46 bits per heavy atom. The van der Waals surface area contributed by atoms with E-state index in [1.54, 1.807) is 12.0 Å². The second kappa shape index (κ2) is 11.3. The molecule has 1 fully saturated rings. The van der Waals surface area contributed by atoms with Gasteiger partial charge in [0.2, 0.25) is 17.6 Å². The molecule has 1 unspecified atom stereocenters. The van der Waals surface area contributed by atoms with Crippen molar-refractivity contribution in [1.29, 1.82) is 0 Å². The van der Waals surface area contributed by atoms with Gasteiger partial charge in [0.15, 0.2) is 0 Å². The number of nitrogens with two attached hydrogens (primary N) is 1. The summed E-state index contributed by atoms with van der Waals surface area (Å²) in [5, 5.41) is 4.06. The van der Waals surface area contributed by atoms with E-state index < -0.39 is 6.04 Å². The zero-order valence-electron chi connectivity index (χ0n) is 16.0. The van der Waals surface area contributed by atoms with Crippen molar-refractivity contribution in [1.82, 2.24) is 19.9 Å². The van der Waals surface area contributed by atoms with Gasteiger partial charge in [-0.3, -0.25) is 9.69 Å². The van der Waals surface area contributed by atoms with Crippen molar-refractivity contribution in [3.8, 4) is 11.4 Å². The molecule has 156 valence electrons. The fourth-order valence-electron chi connectivity index (χ4n) is 2.94. The molecule has 1 aliphatic rings. The normalized spacial score (nSPS) is 15.5. The first kappa shape index (κ1) is 24.3. The molecule has 1 aromatic carbocycles. The standard InChI is InChI=1S/C18H25N5O3.2ClH/c1-13-3-5-14(6-4-13)17-20-16(26-21-17)11-22-7-9-23(10-8-22)18(24)15(19)12-25-2;;/h3-6,15H,7-12,19H2,1-2H3;2*1H. The van der Waals surface area contributed by atoms with Crippen molar-refractivity contribution in [2.45, 2.75) is 19.5 Å². The fourth-order valence-corrected chi connectivity index (χ4v) is 2.94. The number of halogens is 2. The summed E-state index contributed by atoms with van der Waals surface area (Å²) >= 11 is 0. The molecule has 1 atom stereocenters. The van der Waals surface area contributed by atoms with E-state index in [2.05, 4.69) is 15.0 Å². The monoisotopic (exact) mass is 431 g/mol. The Bertz CT molecular complexity index is 733. The summed E-state index contributed by atoms with van der Waals surface area (Å²) in [5.74, 6) is 1.11. The van der Waals surface area contributed by atoms with Gasteiger partial charge in [-0.25, -0.2) is 0 Å². The SMILES string of the molecule is COCC(N)C(=O)N1CCN(Cc2nc(-c3ccc(C)cc3)no2)CC1.Cl.Cl. The highest BCUT2D eigenvalue weighted by atomic mass is 35.5.